The summed E-state index contributed by atoms with van der Waals surface area (Å²) in [5, 5.41) is 4.33. The maximum Gasteiger partial charge on any atom is 0.263 e. The zero-order chi connectivity index (χ0) is 15.0. The van der Waals surface area contributed by atoms with Crippen LogP contribution in [0.4, 0.5) is 5.13 Å². The molecule has 3 N–H and O–H groups in total. The average molecular weight is 301 g/mol. The van der Waals surface area contributed by atoms with Gasteiger partial charge < -0.3 is 15.5 Å². The number of para-hydroxylation sites is 1. The number of fused-ring (bicyclic) bond motifs is 1. The fraction of sp³-hybridized carbons (Fsp3) is 0.200. The Morgan fingerprint density at radius 2 is 2.19 bits per heavy atom. The first-order valence-electron chi connectivity index (χ1n) is 6.57. The Bertz CT molecular complexity index is 773. The molecule has 0 bridgehead atoms. The number of thiazole rings is 1. The molecule has 0 fully saturated rings. The number of anilines is 1. The van der Waals surface area contributed by atoms with Gasteiger partial charge in [-0.1, -0.05) is 29.5 Å². The number of aryl methyl sites for hydroxylation is 1. The fourth-order valence-corrected chi connectivity index (χ4v) is 2.91. The lowest BCUT2D eigenvalue weighted by Crippen LogP contribution is -2.26. The molecule has 0 saturated heterocycles. The van der Waals surface area contributed by atoms with Gasteiger partial charge in [-0.3, -0.25) is 4.79 Å². The van der Waals surface area contributed by atoms with Crippen LogP contribution in [-0.2, 0) is 0 Å². The van der Waals surface area contributed by atoms with Crippen LogP contribution in [0.5, 0.6) is 0 Å². The first-order chi connectivity index (χ1) is 10.0. The van der Waals surface area contributed by atoms with Gasteiger partial charge in [0.1, 0.15) is 16.2 Å². The van der Waals surface area contributed by atoms with E-state index in [1.165, 1.54) is 11.3 Å². The number of hydrogen-bond donors (Lipinski definition) is 2. The molecule has 6 heteroatoms. The second-order valence-electron chi connectivity index (χ2n) is 4.85. The Morgan fingerprint density at radius 3 is 2.86 bits per heavy atom. The van der Waals surface area contributed by atoms with Crippen molar-refractivity contribution in [3.8, 4) is 0 Å². The van der Waals surface area contributed by atoms with Crippen LogP contribution in [0.2, 0.25) is 0 Å². The zero-order valence-corrected chi connectivity index (χ0v) is 12.5. The highest BCUT2D eigenvalue weighted by Crippen LogP contribution is 2.25. The molecule has 0 saturated carbocycles. The Hall–Kier alpha value is -2.34. The summed E-state index contributed by atoms with van der Waals surface area (Å²) in [5.74, 6) is 0.536. The number of nitrogens with one attached hydrogen (secondary N) is 1. The number of hydrogen-bond acceptors (Lipinski definition) is 5. The number of benzene rings is 1. The molecule has 108 valence electrons. The maximum atomic E-state index is 12.2. The van der Waals surface area contributed by atoms with Crippen molar-refractivity contribution in [2.24, 2.45) is 0 Å². The molecule has 1 unspecified atom stereocenters. The smallest absolute Gasteiger partial charge is 0.263 e. The third-order valence-electron chi connectivity index (χ3n) is 3.24. The fourth-order valence-electron chi connectivity index (χ4n) is 2.18. The Morgan fingerprint density at radius 1 is 1.43 bits per heavy atom. The molecule has 0 aliphatic heterocycles. The number of carbonyl (C=O) groups excluding carboxylic acids is 1. The van der Waals surface area contributed by atoms with Crippen LogP contribution in [0.15, 0.2) is 34.7 Å². The quantitative estimate of drug-likeness (QED) is 0.778. The molecule has 3 rings (SSSR count). The van der Waals surface area contributed by atoms with Gasteiger partial charge in [0.15, 0.2) is 5.13 Å². The second-order valence-corrected chi connectivity index (χ2v) is 5.88. The van der Waals surface area contributed by atoms with Crippen LogP contribution >= 0.6 is 11.3 Å². The molecule has 3 aromatic rings. The summed E-state index contributed by atoms with van der Waals surface area (Å²) < 4.78 is 5.75. The van der Waals surface area contributed by atoms with E-state index in [0.29, 0.717) is 15.7 Å². The van der Waals surface area contributed by atoms with Crippen molar-refractivity contribution in [2.75, 3.05) is 5.73 Å². The van der Waals surface area contributed by atoms with Crippen molar-refractivity contribution in [1.82, 2.24) is 10.3 Å². The van der Waals surface area contributed by atoms with Gasteiger partial charge in [0, 0.05) is 5.39 Å². The molecular formula is C15H15N3O2S. The van der Waals surface area contributed by atoms with Crippen molar-refractivity contribution in [1.29, 1.82) is 0 Å². The third kappa shape index (κ3) is 2.62. The zero-order valence-electron chi connectivity index (χ0n) is 11.7. The van der Waals surface area contributed by atoms with Gasteiger partial charge in [0.05, 0.1) is 11.7 Å². The summed E-state index contributed by atoms with van der Waals surface area (Å²) in [5.41, 5.74) is 7.08. The van der Waals surface area contributed by atoms with Crippen molar-refractivity contribution in [3.63, 3.8) is 0 Å². The predicted octanol–water partition coefficient (Wildman–Crippen LogP) is 3.27. The van der Waals surface area contributed by atoms with E-state index < -0.39 is 0 Å². The first kappa shape index (κ1) is 13.6. The lowest BCUT2D eigenvalue weighted by molar-refractivity contribution is 0.0939. The van der Waals surface area contributed by atoms with Crippen LogP contribution in [0.25, 0.3) is 11.0 Å². The third-order valence-corrected chi connectivity index (χ3v) is 4.22. The van der Waals surface area contributed by atoms with Crippen LogP contribution in [-0.4, -0.2) is 10.9 Å². The molecule has 21 heavy (non-hydrogen) atoms. The normalized spacial score (nSPS) is 12.5. The standard InChI is InChI=1S/C15H15N3O2S/c1-8(12-7-10-5-3-4-6-11(10)20-12)17-14(19)13-9(2)18-15(16)21-13/h3-8H,1-2H3,(H2,16,18)(H,17,19). The molecule has 1 atom stereocenters. The molecule has 0 aliphatic carbocycles. The minimum absolute atomic E-state index is 0.186. The second kappa shape index (κ2) is 5.21. The molecule has 1 amide bonds. The minimum Gasteiger partial charge on any atom is -0.459 e. The summed E-state index contributed by atoms with van der Waals surface area (Å²) in [7, 11) is 0. The van der Waals surface area contributed by atoms with Crippen molar-refractivity contribution < 1.29 is 9.21 Å². The van der Waals surface area contributed by atoms with E-state index >= 15 is 0 Å². The molecule has 0 aliphatic rings. The van der Waals surface area contributed by atoms with Gasteiger partial charge >= 0.3 is 0 Å². The topological polar surface area (TPSA) is 81.1 Å². The Labute approximate surface area is 125 Å². The SMILES string of the molecule is Cc1nc(N)sc1C(=O)NC(C)c1cc2ccccc2o1. The minimum atomic E-state index is -0.229. The van der Waals surface area contributed by atoms with Crippen LogP contribution < -0.4 is 11.1 Å². The van der Waals surface area contributed by atoms with Gasteiger partial charge in [-0.05, 0) is 26.0 Å². The molecule has 2 aromatic heterocycles. The number of furan rings is 1. The number of carbonyl (C=O) groups is 1. The Kier molecular flexibility index (Phi) is 3.39. The van der Waals surface area contributed by atoms with E-state index in [0.717, 1.165) is 16.7 Å². The van der Waals surface area contributed by atoms with Crippen molar-refractivity contribution >= 4 is 33.3 Å². The first-order valence-corrected chi connectivity index (χ1v) is 7.38. The van der Waals surface area contributed by atoms with E-state index in [4.69, 9.17) is 10.2 Å². The highest BCUT2D eigenvalue weighted by atomic mass is 32.1. The highest BCUT2D eigenvalue weighted by Gasteiger charge is 2.19. The van der Waals surface area contributed by atoms with Gasteiger partial charge in [-0.25, -0.2) is 4.98 Å². The average Bonchev–Trinajstić information content (AvgIpc) is 3.01. The Balaban J connectivity index is 1.81. The summed E-state index contributed by atoms with van der Waals surface area (Å²) in [6.45, 7) is 3.66. The number of nitrogen functional groups attached to an aromatic ring is 1. The van der Waals surface area contributed by atoms with Crippen LogP contribution in [0.1, 0.15) is 34.1 Å². The highest BCUT2D eigenvalue weighted by molar-refractivity contribution is 7.17. The summed E-state index contributed by atoms with van der Waals surface area (Å²) in [4.78, 5) is 16.8. The maximum absolute atomic E-state index is 12.2. The van der Waals surface area contributed by atoms with Crippen molar-refractivity contribution in [2.45, 2.75) is 19.9 Å². The van der Waals surface area contributed by atoms with E-state index in [-0.39, 0.29) is 11.9 Å². The number of nitrogens with two attached hydrogens (primary N) is 1. The van der Waals surface area contributed by atoms with E-state index in [2.05, 4.69) is 10.3 Å². The number of rotatable bonds is 3. The molecular weight excluding hydrogens is 286 g/mol. The number of amides is 1. The van der Waals surface area contributed by atoms with E-state index in [1.807, 2.05) is 37.3 Å². The molecule has 0 spiro atoms. The molecule has 0 radical (unpaired) electrons. The van der Waals surface area contributed by atoms with Gasteiger partial charge in [-0.2, -0.15) is 0 Å². The van der Waals surface area contributed by atoms with Crippen LogP contribution in [0, 0.1) is 6.92 Å². The van der Waals surface area contributed by atoms with Gasteiger partial charge in [0.25, 0.3) is 5.91 Å². The summed E-state index contributed by atoms with van der Waals surface area (Å²) >= 11 is 1.19. The molecule has 1 aromatic carbocycles. The summed E-state index contributed by atoms with van der Waals surface area (Å²) in [6, 6.07) is 9.46. The molecule has 5 nitrogen and oxygen atoms in total. The monoisotopic (exact) mass is 301 g/mol. The van der Waals surface area contributed by atoms with Crippen LogP contribution in [0.3, 0.4) is 0 Å². The lowest BCUT2D eigenvalue weighted by Gasteiger charge is -2.10. The predicted molar refractivity (Wildman–Crippen MR) is 83.4 cm³/mol. The van der Waals surface area contributed by atoms with E-state index in [1.54, 1.807) is 6.92 Å². The van der Waals surface area contributed by atoms with E-state index in [9.17, 15) is 4.79 Å². The largest absolute Gasteiger partial charge is 0.459 e. The van der Waals surface area contributed by atoms with Gasteiger partial charge in [-0.15, -0.1) is 0 Å². The lowest BCUT2D eigenvalue weighted by atomic mass is 10.2. The number of aromatic nitrogens is 1. The van der Waals surface area contributed by atoms with Gasteiger partial charge in [0.2, 0.25) is 0 Å². The van der Waals surface area contributed by atoms with Crippen molar-refractivity contribution in [3.05, 3.63) is 46.7 Å². The number of nitrogens with zero attached hydrogens (tertiary/aromatic N) is 1. The molecule has 2 heterocycles. The summed E-state index contributed by atoms with van der Waals surface area (Å²) in [6.07, 6.45) is 0.